The first-order chi connectivity index (χ1) is 38.5. The Labute approximate surface area is 480 Å². The lowest BCUT2D eigenvalue weighted by Gasteiger charge is -2.18. The van der Waals surface area contributed by atoms with Gasteiger partial charge in [0.2, 0.25) is 0 Å². The first-order valence-electron chi connectivity index (χ1n) is 31.8. The molecule has 0 aromatic carbocycles. The zero-order chi connectivity index (χ0) is 56.4. The number of esters is 3. The highest BCUT2D eigenvalue weighted by atomic mass is 16.6. The molecule has 0 saturated carbocycles. The standard InChI is InChI=1S/C72H116O6/c1-4-7-10-13-16-19-22-25-28-31-33-34-35-36-37-38-40-41-44-47-50-53-56-59-62-65-71(74)77-68-69(67-76-70(73)64-61-58-55-52-49-46-43-30-27-24-21-18-15-12-9-6-3)78-72(75)66-63-60-57-54-51-48-45-42-39-32-29-26-23-20-17-14-11-8-5-2/h7,10,16-17,19-21,24-26,28-30,33-34,36-37,39-43,47,50,69H,4-6,8-9,11-15,18,22-23,27,31-32,35,38,44-46,48-49,51-68H2,1-3H3/b10-7-,19-16-,20-17-,24-21-,28-25-,29-26-,34-33-,37-36-,41-40-,42-39-,43-30-,50-47-. The van der Waals surface area contributed by atoms with Crippen LogP contribution in [0.1, 0.15) is 271 Å². The normalized spacial score (nSPS) is 13.1. The third-order valence-electron chi connectivity index (χ3n) is 13.0. The molecule has 0 spiro atoms. The topological polar surface area (TPSA) is 78.9 Å². The molecule has 6 heteroatoms. The van der Waals surface area contributed by atoms with Crippen molar-refractivity contribution in [1.29, 1.82) is 0 Å². The zero-order valence-corrected chi connectivity index (χ0v) is 50.4. The summed E-state index contributed by atoms with van der Waals surface area (Å²) in [7, 11) is 0. The largest absolute Gasteiger partial charge is 0.462 e. The molecule has 0 aliphatic heterocycles. The first-order valence-corrected chi connectivity index (χ1v) is 31.8. The second kappa shape index (κ2) is 64.8. The number of carbonyl (C=O) groups is 3. The summed E-state index contributed by atoms with van der Waals surface area (Å²) in [6.45, 7) is 6.43. The number of allylic oxidation sites excluding steroid dienone is 24. The van der Waals surface area contributed by atoms with E-state index >= 15 is 0 Å². The van der Waals surface area contributed by atoms with E-state index in [9.17, 15) is 14.4 Å². The van der Waals surface area contributed by atoms with Crippen molar-refractivity contribution in [2.24, 2.45) is 0 Å². The highest BCUT2D eigenvalue weighted by Crippen LogP contribution is 2.14. The average molecular weight is 1080 g/mol. The van der Waals surface area contributed by atoms with E-state index in [0.29, 0.717) is 19.3 Å². The number of ether oxygens (including phenoxy) is 3. The van der Waals surface area contributed by atoms with Crippen LogP contribution in [0.5, 0.6) is 0 Å². The third-order valence-corrected chi connectivity index (χ3v) is 13.0. The van der Waals surface area contributed by atoms with E-state index in [2.05, 4.69) is 167 Å². The van der Waals surface area contributed by atoms with Gasteiger partial charge in [-0.1, -0.05) is 250 Å². The van der Waals surface area contributed by atoms with Crippen LogP contribution >= 0.6 is 0 Å². The fourth-order valence-corrected chi connectivity index (χ4v) is 8.28. The number of hydrogen-bond acceptors (Lipinski definition) is 6. The minimum Gasteiger partial charge on any atom is -0.462 e. The Morgan fingerprint density at radius 1 is 0.269 bits per heavy atom. The van der Waals surface area contributed by atoms with Gasteiger partial charge < -0.3 is 14.2 Å². The first kappa shape index (κ1) is 73.3. The summed E-state index contributed by atoms with van der Waals surface area (Å²) in [6, 6.07) is 0. The Morgan fingerprint density at radius 3 is 0.821 bits per heavy atom. The van der Waals surface area contributed by atoms with Crippen molar-refractivity contribution in [2.45, 2.75) is 277 Å². The van der Waals surface area contributed by atoms with Crippen LogP contribution in [-0.4, -0.2) is 37.2 Å². The van der Waals surface area contributed by atoms with E-state index in [0.717, 1.165) is 161 Å². The Hall–Kier alpha value is -4.71. The molecular weight excluding hydrogens is 961 g/mol. The van der Waals surface area contributed by atoms with Gasteiger partial charge in [-0.3, -0.25) is 14.4 Å². The lowest BCUT2D eigenvalue weighted by atomic mass is 10.1. The van der Waals surface area contributed by atoms with Gasteiger partial charge in [0.25, 0.3) is 0 Å². The van der Waals surface area contributed by atoms with Crippen molar-refractivity contribution in [3.63, 3.8) is 0 Å². The maximum absolute atomic E-state index is 12.9. The Bertz CT molecular complexity index is 1710. The third kappa shape index (κ3) is 62.1. The van der Waals surface area contributed by atoms with Gasteiger partial charge in [-0.05, 0) is 148 Å². The molecule has 0 bridgehead atoms. The predicted octanol–water partition coefficient (Wildman–Crippen LogP) is 21.9. The zero-order valence-electron chi connectivity index (χ0n) is 50.4. The fourth-order valence-electron chi connectivity index (χ4n) is 8.28. The number of carbonyl (C=O) groups excluding carboxylic acids is 3. The van der Waals surface area contributed by atoms with Gasteiger partial charge in [-0.25, -0.2) is 0 Å². The van der Waals surface area contributed by atoms with Crippen molar-refractivity contribution >= 4 is 17.9 Å². The molecule has 0 saturated heterocycles. The Balaban J connectivity index is 4.51. The van der Waals surface area contributed by atoms with Crippen molar-refractivity contribution < 1.29 is 28.6 Å². The summed E-state index contributed by atoms with van der Waals surface area (Å²) in [5.41, 5.74) is 0. The molecule has 0 aliphatic carbocycles. The van der Waals surface area contributed by atoms with Crippen LogP contribution in [0.15, 0.2) is 146 Å². The van der Waals surface area contributed by atoms with Crippen LogP contribution in [0.2, 0.25) is 0 Å². The minimum atomic E-state index is -0.813. The molecule has 78 heavy (non-hydrogen) atoms. The lowest BCUT2D eigenvalue weighted by molar-refractivity contribution is -0.167. The van der Waals surface area contributed by atoms with E-state index in [4.69, 9.17) is 14.2 Å². The van der Waals surface area contributed by atoms with Gasteiger partial charge in [0.1, 0.15) is 13.2 Å². The molecule has 0 aromatic heterocycles. The van der Waals surface area contributed by atoms with Crippen molar-refractivity contribution in [2.75, 3.05) is 13.2 Å². The maximum Gasteiger partial charge on any atom is 0.306 e. The summed E-state index contributed by atoms with van der Waals surface area (Å²) < 4.78 is 16.9. The summed E-state index contributed by atoms with van der Waals surface area (Å²) in [4.78, 5) is 38.3. The van der Waals surface area contributed by atoms with Crippen LogP contribution in [-0.2, 0) is 28.6 Å². The fraction of sp³-hybridized carbons (Fsp3) is 0.625. The van der Waals surface area contributed by atoms with Crippen molar-refractivity contribution in [1.82, 2.24) is 0 Å². The molecule has 6 nitrogen and oxygen atoms in total. The highest BCUT2D eigenvalue weighted by Gasteiger charge is 2.19. The molecule has 0 radical (unpaired) electrons. The van der Waals surface area contributed by atoms with Gasteiger partial charge in [0.15, 0.2) is 6.10 Å². The van der Waals surface area contributed by atoms with Crippen molar-refractivity contribution in [3.05, 3.63) is 146 Å². The second-order valence-electron chi connectivity index (χ2n) is 20.6. The van der Waals surface area contributed by atoms with E-state index in [-0.39, 0.29) is 31.1 Å². The Morgan fingerprint density at radius 2 is 0.500 bits per heavy atom. The summed E-state index contributed by atoms with van der Waals surface area (Å²) >= 11 is 0. The summed E-state index contributed by atoms with van der Waals surface area (Å²) in [6.07, 6.45) is 92.7. The lowest BCUT2D eigenvalue weighted by Crippen LogP contribution is -2.30. The quantitative estimate of drug-likeness (QED) is 0.0261. The molecule has 0 rings (SSSR count). The van der Waals surface area contributed by atoms with Crippen molar-refractivity contribution in [3.8, 4) is 0 Å². The maximum atomic E-state index is 12.9. The van der Waals surface area contributed by atoms with Gasteiger partial charge in [-0.2, -0.15) is 0 Å². The van der Waals surface area contributed by atoms with Crippen LogP contribution < -0.4 is 0 Å². The second-order valence-corrected chi connectivity index (χ2v) is 20.6. The minimum absolute atomic E-state index is 0.107. The summed E-state index contributed by atoms with van der Waals surface area (Å²) in [5, 5.41) is 0. The molecule has 1 unspecified atom stereocenters. The molecule has 0 heterocycles. The van der Waals surface area contributed by atoms with Crippen LogP contribution in [0.4, 0.5) is 0 Å². The monoisotopic (exact) mass is 1080 g/mol. The molecular formula is C72H116O6. The number of rotatable bonds is 56. The molecule has 1 atom stereocenters. The van der Waals surface area contributed by atoms with E-state index in [1.807, 2.05) is 0 Å². The van der Waals surface area contributed by atoms with E-state index < -0.39 is 6.10 Å². The summed E-state index contributed by atoms with van der Waals surface area (Å²) in [5.74, 6) is -0.967. The smallest absolute Gasteiger partial charge is 0.306 e. The average Bonchev–Trinajstić information content (AvgIpc) is 3.44. The number of hydrogen-bond donors (Lipinski definition) is 0. The van der Waals surface area contributed by atoms with E-state index in [1.54, 1.807) is 0 Å². The number of unbranched alkanes of at least 4 members (excludes halogenated alkanes) is 21. The van der Waals surface area contributed by atoms with Gasteiger partial charge in [-0.15, -0.1) is 0 Å². The molecule has 440 valence electrons. The molecule has 0 aliphatic rings. The van der Waals surface area contributed by atoms with Gasteiger partial charge >= 0.3 is 17.9 Å². The van der Waals surface area contributed by atoms with Crippen LogP contribution in [0.3, 0.4) is 0 Å². The predicted molar refractivity (Wildman–Crippen MR) is 339 cm³/mol. The van der Waals surface area contributed by atoms with E-state index in [1.165, 1.54) is 70.6 Å². The SMILES string of the molecule is CC/C=C\C/C=C\C/C=C\C/C=C\C/C=C\C/C=C\C/C=C\CCCCCC(=O)OCC(COC(=O)CCCCCCC/C=C\C/C=C\CCCCCC)OC(=O)CCCCCCCC/C=C\C/C=C\C/C=C\CCCCC. The van der Waals surface area contributed by atoms with Gasteiger partial charge in [0, 0.05) is 19.3 Å². The van der Waals surface area contributed by atoms with Crippen LogP contribution in [0.25, 0.3) is 0 Å². The molecule has 0 N–H and O–H groups in total. The molecule has 0 amide bonds. The Kier molecular flexibility index (Phi) is 60.9. The highest BCUT2D eigenvalue weighted by molar-refractivity contribution is 5.71. The van der Waals surface area contributed by atoms with Crippen LogP contribution in [0, 0.1) is 0 Å². The molecule has 0 fully saturated rings. The van der Waals surface area contributed by atoms with Gasteiger partial charge in [0.05, 0.1) is 0 Å². The molecule has 0 aromatic rings.